The molecule has 0 aromatic carbocycles. The third-order valence-corrected chi connectivity index (χ3v) is 2.64. The molecule has 8 heteroatoms. The van der Waals surface area contributed by atoms with Gasteiger partial charge in [0.05, 0.1) is 26.4 Å². The quantitative estimate of drug-likeness (QED) is 0.350. The van der Waals surface area contributed by atoms with Gasteiger partial charge in [0.2, 0.25) is 0 Å². The second-order valence-electron chi connectivity index (χ2n) is 3.57. The SMILES string of the molecule is O=C(O)[C@](CO)(Cc1cnc[nH]1)N(CO)CO. The number of aliphatic hydroxyl groups excluding tert-OH is 3. The largest absolute Gasteiger partial charge is 0.480 e. The molecule has 1 heterocycles. The number of rotatable bonds is 7. The van der Waals surface area contributed by atoms with Gasteiger partial charge in [0, 0.05) is 18.3 Å². The van der Waals surface area contributed by atoms with Crippen LogP contribution in [-0.2, 0) is 11.2 Å². The van der Waals surface area contributed by atoms with Gasteiger partial charge in [-0.1, -0.05) is 0 Å². The molecule has 1 rings (SSSR count). The number of imidazole rings is 1. The minimum atomic E-state index is -1.78. The maximum absolute atomic E-state index is 11.3. The molecule has 0 amide bonds. The van der Waals surface area contributed by atoms with Crippen LogP contribution < -0.4 is 0 Å². The van der Waals surface area contributed by atoms with Crippen molar-refractivity contribution in [2.45, 2.75) is 12.0 Å². The smallest absolute Gasteiger partial charge is 0.327 e. The van der Waals surface area contributed by atoms with Gasteiger partial charge >= 0.3 is 5.97 Å². The molecule has 1 atom stereocenters. The molecule has 96 valence electrons. The molecular weight excluding hydrogens is 230 g/mol. The summed E-state index contributed by atoms with van der Waals surface area (Å²) in [5.74, 6) is -1.34. The van der Waals surface area contributed by atoms with Crippen molar-refractivity contribution in [1.82, 2.24) is 14.9 Å². The van der Waals surface area contributed by atoms with Crippen molar-refractivity contribution in [3.63, 3.8) is 0 Å². The Morgan fingerprint density at radius 3 is 2.41 bits per heavy atom. The number of carbonyl (C=O) groups is 1. The van der Waals surface area contributed by atoms with Crippen molar-refractivity contribution >= 4 is 5.97 Å². The molecule has 5 N–H and O–H groups in total. The van der Waals surface area contributed by atoms with Crippen LogP contribution in [0, 0.1) is 0 Å². The molecule has 0 spiro atoms. The first-order chi connectivity index (χ1) is 8.10. The topological polar surface area (TPSA) is 130 Å². The predicted octanol–water partition coefficient (Wildman–Crippen LogP) is -2.03. The van der Waals surface area contributed by atoms with Crippen LogP contribution in [-0.4, -0.2) is 66.9 Å². The van der Waals surface area contributed by atoms with E-state index in [1.54, 1.807) is 0 Å². The first-order valence-electron chi connectivity index (χ1n) is 4.89. The van der Waals surface area contributed by atoms with Crippen molar-refractivity contribution in [2.24, 2.45) is 0 Å². The van der Waals surface area contributed by atoms with E-state index in [-0.39, 0.29) is 6.42 Å². The van der Waals surface area contributed by atoms with Gasteiger partial charge in [0.1, 0.15) is 0 Å². The zero-order valence-electron chi connectivity index (χ0n) is 9.07. The summed E-state index contributed by atoms with van der Waals surface area (Å²) in [6, 6.07) is 0. The zero-order valence-corrected chi connectivity index (χ0v) is 9.07. The van der Waals surface area contributed by atoms with Crippen LogP contribution in [0.4, 0.5) is 0 Å². The molecule has 0 aliphatic heterocycles. The lowest BCUT2D eigenvalue weighted by Crippen LogP contribution is -2.59. The molecule has 1 aromatic rings. The lowest BCUT2D eigenvalue weighted by Gasteiger charge is -2.36. The third kappa shape index (κ3) is 2.61. The molecular formula is C9H15N3O5. The summed E-state index contributed by atoms with van der Waals surface area (Å²) in [4.78, 5) is 18.6. The first-order valence-corrected chi connectivity index (χ1v) is 4.89. The monoisotopic (exact) mass is 245 g/mol. The van der Waals surface area contributed by atoms with Gasteiger partial charge in [-0.25, -0.2) is 9.88 Å². The van der Waals surface area contributed by atoms with E-state index in [0.717, 1.165) is 4.90 Å². The number of aliphatic hydroxyl groups is 3. The molecule has 8 nitrogen and oxygen atoms in total. The zero-order chi connectivity index (χ0) is 12.9. The number of carboxylic acids is 1. The van der Waals surface area contributed by atoms with E-state index in [9.17, 15) is 15.0 Å². The number of nitrogens with one attached hydrogen (secondary N) is 1. The lowest BCUT2D eigenvalue weighted by molar-refractivity contribution is -0.164. The fraction of sp³-hybridized carbons (Fsp3) is 0.556. The molecule has 0 radical (unpaired) electrons. The summed E-state index contributed by atoms with van der Waals surface area (Å²) in [6.45, 7) is -2.11. The number of aliphatic carboxylic acids is 1. The molecule has 0 saturated carbocycles. The summed E-state index contributed by atoms with van der Waals surface area (Å²) >= 11 is 0. The summed E-state index contributed by atoms with van der Waals surface area (Å²) in [7, 11) is 0. The van der Waals surface area contributed by atoms with E-state index in [4.69, 9.17) is 10.2 Å². The van der Waals surface area contributed by atoms with E-state index in [2.05, 4.69) is 9.97 Å². The van der Waals surface area contributed by atoms with Gasteiger partial charge in [-0.2, -0.15) is 0 Å². The van der Waals surface area contributed by atoms with Crippen LogP contribution in [0.15, 0.2) is 12.5 Å². The maximum atomic E-state index is 11.3. The van der Waals surface area contributed by atoms with Crippen LogP contribution in [0.3, 0.4) is 0 Å². The Balaban J connectivity index is 3.03. The first kappa shape index (κ1) is 13.6. The Bertz CT molecular complexity index is 352. The number of aromatic amines is 1. The fourth-order valence-corrected chi connectivity index (χ4v) is 1.56. The number of nitrogens with zero attached hydrogens (tertiary/aromatic N) is 2. The van der Waals surface area contributed by atoms with Gasteiger partial charge in [-0.15, -0.1) is 0 Å². The molecule has 0 unspecified atom stereocenters. The number of carboxylic acid groups (broad SMARTS) is 1. The standard InChI is InChI=1S/C9H15N3O5/c13-3-9(8(16)17,12(5-14)6-15)1-7-2-10-4-11-7/h2,4,13-15H,1,3,5-6H2,(H,10,11)(H,16,17)/t9-/m1/s1. The summed E-state index contributed by atoms with van der Waals surface area (Å²) in [5.41, 5.74) is -1.30. The summed E-state index contributed by atoms with van der Waals surface area (Å²) in [6.07, 6.45) is 2.68. The minimum Gasteiger partial charge on any atom is -0.480 e. The van der Waals surface area contributed by atoms with Crippen molar-refractivity contribution in [1.29, 1.82) is 0 Å². The minimum absolute atomic E-state index is 0.111. The highest BCUT2D eigenvalue weighted by Crippen LogP contribution is 2.20. The van der Waals surface area contributed by atoms with E-state index in [0.29, 0.717) is 5.69 Å². The number of aromatic nitrogens is 2. The molecule has 0 bridgehead atoms. The van der Waals surface area contributed by atoms with Crippen molar-refractivity contribution in [2.75, 3.05) is 20.1 Å². The summed E-state index contributed by atoms with van der Waals surface area (Å²) in [5, 5.41) is 36.6. The third-order valence-electron chi connectivity index (χ3n) is 2.64. The van der Waals surface area contributed by atoms with Crippen LogP contribution in [0.2, 0.25) is 0 Å². The normalized spacial score (nSPS) is 14.8. The summed E-state index contributed by atoms with van der Waals surface area (Å²) < 4.78 is 0. The number of hydrogen-bond acceptors (Lipinski definition) is 6. The van der Waals surface area contributed by atoms with E-state index in [1.165, 1.54) is 12.5 Å². The maximum Gasteiger partial charge on any atom is 0.327 e. The molecule has 17 heavy (non-hydrogen) atoms. The number of H-pyrrole nitrogens is 1. The molecule has 0 fully saturated rings. The number of hydrogen-bond donors (Lipinski definition) is 5. The molecule has 0 saturated heterocycles. The average Bonchev–Trinajstić information content (AvgIpc) is 2.81. The Kier molecular flexibility index (Phi) is 4.58. The Morgan fingerprint density at radius 2 is 2.06 bits per heavy atom. The highest BCUT2D eigenvalue weighted by Gasteiger charge is 2.44. The Morgan fingerprint density at radius 1 is 1.41 bits per heavy atom. The highest BCUT2D eigenvalue weighted by atomic mass is 16.4. The van der Waals surface area contributed by atoms with E-state index in [1.807, 2.05) is 0 Å². The van der Waals surface area contributed by atoms with E-state index < -0.39 is 31.6 Å². The van der Waals surface area contributed by atoms with Gasteiger partial charge in [-0.3, -0.25) is 4.79 Å². The van der Waals surface area contributed by atoms with Gasteiger partial charge < -0.3 is 25.4 Å². The van der Waals surface area contributed by atoms with Crippen molar-refractivity contribution in [3.05, 3.63) is 18.2 Å². The van der Waals surface area contributed by atoms with Crippen molar-refractivity contribution < 1.29 is 25.2 Å². The lowest BCUT2D eigenvalue weighted by atomic mass is 9.93. The van der Waals surface area contributed by atoms with Gasteiger partial charge in [0.15, 0.2) is 5.54 Å². The molecule has 0 aliphatic rings. The van der Waals surface area contributed by atoms with Crippen molar-refractivity contribution in [3.8, 4) is 0 Å². The fourth-order valence-electron chi connectivity index (χ4n) is 1.56. The Hall–Kier alpha value is -1.48. The van der Waals surface area contributed by atoms with Crippen LogP contribution >= 0.6 is 0 Å². The predicted molar refractivity (Wildman–Crippen MR) is 55.8 cm³/mol. The van der Waals surface area contributed by atoms with Crippen LogP contribution in [0.5, 0.6) is 0 Å². The van der Waals surface area contributed by atoms with Crippen LogP contribution in [0.1, 0.15) is 5.69 Å². The average molecular weight is 245 g/mol. The molecule has 0 aliphatic carbocycles. The second kappa shape index (κ2) is 5.73. The van der Waals surface area contributed by atoms with Crippen LogP contribution in [0.25, 0.3) is 0 Å². The van der Waals surface area contributed by atoms with Gasteiger partial charge in [-0.05, 0) is 0 Å². The van der Waals surface area contributed by atoms with E-state index >= 15 is 0 Å². The highest BCUT2D eigenvalue weighted by molar-refractivity contribution is 5.79. The Labute approximate surface area is 97.1 Å². The molecule has 1 aromatic heterocycles. The van der Waals surface area contributed by atoms with Gasteiger partial charge in [0.25, 0.3) is 0 Å². The second-order valence-corrected chi connectivity index (χ2v) is 3.57.